The van der Waals surface area contributed by atoms with Crippen molar-refractivity contribution >= 4 is 32.3 Å². The van der Waals surface area contributed by atoms with Crippen LogP contribution in [-0.4, -0.2) is 13.4 Å². The number of nitrogens with zero attached hydrogens (tertiary/aromatic N) is 1. The first-order valence-electron chi connectivity index (χ1n) is 6.28. The predicted octanol–water partition coefficient (Wildman–Crippen LogP) is 2.62. The highest BCUT2D eigenvalue weighted by Gasteiger charge is 2.15. The first-order valence-corrected chi connectivity index (χ1v) is 7.77. The standard InChI is InChI=1S/C15H13N3O2S/c16-12-6-2-7-13(10-12)21(19,20)18-14-8-1-4-11-5-3-9-17-15(11)14/h1-10,18H,16H2. The molecule has 0 aliphatic rings. The van der Waals surface area contributed by atoms with Gasteiger partial charge in [-0.3, -0.25) is 9.71 Å². The van der Waals surface area contributed by atoms with Gasteiger partial charge in [0, 0.05) is 17.3 Å². The molecule has 0 spiro atoms. The molecular formula is C15H13N3O2S. The average molecular weight is 299 g/mol. The van der Waals surface area contributed by atoms with Gasteiger partial charge < -0.3 is 5.73 Å². The first kappa shape index (κ1) is 13.4. The van der Waals surface area contributed by atoms with Gasteiger partial charge in [-0.05, 0) is 30.3 Å². The van der Waals surface area contributed by atoms with E-state index >= 15 is 0 Å². The number of aromatic nitrogens is 1. The van der Waals surface area contributed by atoms with Gasteiger partial charge in [0.15, 0.2) is 0 Å². The van der Waals surface area contributed by atoms with Crippen LogP contribution in [0.1, 0.15) is 0 Å². The van der Waals surface area contributed by atoms with E-state index in [1.54, 1.807) is 36.5 Å². The summed E-state index contributed by atoms with van der Waals surface area (Å²) >= 11 is 0. The molecule has 1 heterocycles. The van der Waals surface area contributed by atoms with Crippen LogP contribution in [0.5, 0.6) is 0 Å². The molecule has 0 bridgehead atoms. The van der Waals surface area contributed by atoms with E-state index in [1.807, 2.05) is 12.1 Å². The highest BCUT2D eigenvalue weighted by atomic mass is 32.2. The van der Waals surface area contributed by atoms with E-state index in [0.717, 1.165) is 5.39 Å². The van der Waals surface area contributed by atoms with Crippen molar-refractivity contribution in [2.45, 2.75) is 4.90 Å². The van der Waals surface area contributed by atoms with Crippen molar-refractivity contribution in [2.75, 3.05) is 10.5 Å². The quantitative estimate of drug-likeness (QED) is 0.728. The van der Waals surface area contributed by atoms with Gasteiger partial charge in [-0.1, -0.05) is 24.3 Å². The number of benzene rings is 2. The van der Waals surface area contributed by atoms with Crippen molar-refractivity contribution in [3.05, 3.63) is 60.8 Å². The van der Waals surface area contributed by atoms with E-state index in [1.165, 1.54) is 12.1 Å². The molecule has 21 heavy (non-hydrogen) atoms. The highest BCUT2D eigenvalue weighted by molar-refractivity contribution is 7.92. The summed E-state index contributed by atoms with van der Waals surface area (Å²) < 4.78 is 27.4. The molecule has 0 unspecified atom stereocenters. The van der Waals surface area contributed by atoms with E-state index in [-0.39, 0.29) is 4.90 Å². The molecule has 3 N–H and O–H groups in total. The third-order valence-electron chi connectivity index (χ3n) is 3.05. The Morgan fingerprint density at radius 2 is 1.76 bits per heavy atom. The van der Waals surface area contributed by atoms with Gasteiger partial charge in [-0.25, -0.2) is 8.42 Å². The summed E-state index contributed by atoms with van der Waals surface area (Å²) in [5.74, 6) is 0. The van der Waals surface area contributed by atoms with Crippen LogP contribution in [0.15, 0.2) is 65.7 Å². The fourth-order valence-electron chi connectivity index (χ4n) is 2.07. The minimum atomic E-state index is -3.70. The largest absolute Gasteiger partial charge is 0.399 e. The zero-order valence-electron chi connectivity index (χ0n) is 11.0. The summed E-state index contributed by atoms with van der Waals surface area (Å²) in [6, 6.07) is 15.2. The van der Waals surface area contributed by atoms with Crippen LogP contribution in [-0.2, 0) is 10.0 Å². The summed E-state index contributed by atoms with van der Waals surface area (Å²) in [5, 5.41) is 0.866. The van der Waals surface area contributed by atoms with Crippen LogP contribution in [0.3, 0.4) is 0 Å². The van der Waals surface area contributed by atoms with Crippen molar-refractivity contribution in [3.8, 4) is 0 Å². The molecule has 2 aromatic carbocycles. The second-order valence-electron chi connectivity index (χ2n) is 4.56. The van der Waals surface area contributed by atoms with Gasteiger partial charge in [0.25, 0.3) is 10.0 Å². The van der Waals surface area contributed by atoms with Crippen LogP contribution in [0.2, 0.25) is 0 Å². The molecule has 0 fully saturated rings. The summed E-state index contributed by atoms with van der Waals surface area (Å²) in [7, 11) is -3.70. The van der Waals surface area contributed by atoms with E-state index in [9.17, 15) is 8.42 Å². The van der Waals surface area contributed by atoms with E-state index < -0.39 is 10.0 Å². The summed E-state index contributed by atoms with van der Waals surface area (Å²) in [4.78, 5) is 4.35. The van der Waals surface area contributed by atoms with Crippen LogP contribution >= 0.6 is 0 Å². The second-order valence-corrected chi connectivity index (χ2v) is 6.24. The van der Waals surface area contributed by atoms with Gasteiger partial charge in [-0.2, -0.15) is 0 Å². The molecule has 6 heteroatoms. The monoisotopic (exact) mass is 299 g/mol. The minimum absolute atomic E-state index is 0.121. The van der Waals surface area contributed by atoms with E-state index in [0.29, 0.717) is 16.9 Å². The zero-order valence-corrected chi connectivity index (χ0v) is 11.8. The molecule has 0 aliphatic carbocycles. The molecule has 0 amide bonds. The van der Waals surface area contributed by atoms with Gasteiger partial charge in [0.1, 0.15) is 0 Å². The molecule has 0 saturated heterocycles. The van der Waals surface area contributed by atoms with Crippen LogP contribution in [0, 0.1) is 0 Å². The lowest BCUT2D eigenvalue weighted by atomic mass is 10.2. The molecule has 0 radical (unpaired) electrons. The molecule has 0 saturated carbocycles. The lowest BCUT2D eigenvalue weighted by molar-refractivity contribution is 0.601. The van der Waals surface area contributed by atoms with Gasteiger partial charge in [0.2, 0.25) is 0 Å². The Hall–Kier alpha value is -2.60. The maximum atomic E-state index is 12.4. The number of sulfonamides is 1. The zero-order chi connectivity index (χ0) is 14.9. The second kappa shape index (κ2) is 5.06. The van der Waals surface area contributed by atoms with Crippen molar-refractivity contribution in [1.82, 2.24) is 4.98 Å². The normalized spacial score (nSPS) is 11.4. The number of nitrogen functional groups attached to an aromatic ring is 1. The topological polar surface area (TPSA) is 85.1 Å². The molecule has 106 valence electrons. The third kappa shape index (κ3) is 2.66. The number of fused-ring (bicyclic) bond motifs is 1. The van der Waals surface area contributed by atoms with Gasteiger partial charge >= 0.3 is 0 Å². The lowest BCUT2D eigenvalue weighted by Gasteiger charge is -2.10. The fraction of sp³-hybridized carbons (Fsp3) is 0. The minimum Gasteiger partial charge on any atom is -0.399 e. The summed E-state index contributed by atoms with van der Waals surface area (Å²) in [5.41, 5.74) is 7.08. The number of anilines is 2. The summed E-state index contributed by atoms with van der Waals surface area (Å²) in [6.07, 6.45) is 1.63. The molecule has 3 aromatic rings. The molecule has 3 rings (SSSR count). The predicted molar refractivity (Wildman–Crippen MR) is 83.4 cm³/mol. The third-order valence-corrected chi connectivity index (χ3v) is 4.41. The number of nitrogens with two attached hydrogens (primary N) is 1. The molecule has 0 aliphatic heterocycles. The lowest BCUT2D eigenvalue weighted by Crippen LogP contribution is -2.13. The number of hydrogen-bond acceptors (Lipinski definition) is 4. The molecule has 0 atom stereocenters. The molecular weight excluding hydrogens is 286 g/mol. The Bertz CT molecular complexity index is 902. The fourth-order valence-corrected chi connectivity index (χ4v) is 3.19. The van der Waals surface area contributed by atoms with E-state index in [4.69, 9.17) is 5.73 Å². The maximum absolute atomic E-state index is 12.4. The average Bonchev–Trinajstić information content (AvgIpc) is 2.47. The SMILES string of the molecule is Nc1cccc(S(=O)(=O)Nc2cccc3cccnc23)c1. The number of rotatable bonds is 3. The van der Waals surface area contributed by atoms with Crippen LogP contribution in [0.4, 0.5) is 11.4 Å². The number of para-hydroxylation sites is 1. The molecule has 5 nitrogen and oxygen atoms in total. The highest BCUT2D eigenvalue weighted by Crippen LogP contribution is 2.24. The Morgan fingerprint density at radius 3 is 2.57 bits per heavy atom. The maximum Gasteiger partial charge on any atom is 0.262 e. The molecule has 1 aromatic heterocycles. The van der Waals surface area contributed by atoms with Crippen LogP contribution < -0.4 is 10.5 Å². The van der Waals surface area contributed by atoms with Crippen molar-refractivity contribution in [3.63, 3.8) is 0 Å². The van der Waals surface area contributed by atoms with Crippen molar-refractivity contribution in [1.29, 1.82) is 0 Å². The summed E-state index contributed by atoms with van der Waals surface area (Å²) in [6.45, 7) is 0. The van der Waals surface area contributed by atoms with Crippen molar-refractivity contribution in [2.24, 2.45) is 0 Å². The Morgan fingerprint density at radius 1 is 1.00 bits per heavy atom. The number of nitrogens with one attached hydrogen (secondary N) is 1. The van der Waals surface area contributed by atoms with Gasteiger partial charge in [-0.15, -0.1) is 0 Å². The number of pyridine rings is 1. The van der Waals surface area contributed by atoms with E-state index in [2.05, 4.69) is 9.71 Å². The number of hydrogen-bond donors (Lipinski definition) is 2. The van der Waals surface area contributed by atoms with Gasteiger partial charge in [0.05, 0.1) is 16.1 Å². The Labute approximate surface area is 122 Å². The van der Waals surface area contributed by atoms with Crippen LogP contribution in [0.25, 0.3) is 10.9 Å². The Balaban J connectivity index is 2.06. The smallest absolute Gasteiger partial charge is 0.262 e. The Kier molecular flexibility index (Phi) is 3.23. The first-order chi connectivity index (χ1) is 10.1. The van der Waals surface area contributed by atoms with Crippen molar-refractivity contribution < 1.29 is 8.42 Å².